The van der Waals surface area contributed by atoms with Crippen molar-refractivity contribution in [2.75, 3.05) is 0 Å². The summed E-state index contributed by atoms with van der Waals surface area (Å²) in [5.41, 5.74) is 5.86. The highest BCUT2D eigenvalue weighted by Crippen LogP contribution is 2.21. The Morgan fingerprint density at radius 3 is 2.81 bits per heavy atom. The van der Waals surface area contributed by atoms with Crippen molar-refractivity contribution in [1.82, 2.24) is 5.32 Å². The molecule has 0 aliphatic heterocycles. The lowest BCUT2D eigenvalue weighted by molar-refractivity contribution is 0.0948. The topological polar surface area (TPSA) is 55.1 Å². The molecule has 6 heteroatoms. The molecule has 1 aromatic carbocycles. The number of hydrogen-bond acceptors (Lipinski definition) is 2. The molecule has 0 heterocycles. The molecule has 0 saturated heterocycles. The number of benzene rings is 1. The maximum absolute atomic E-state index is 11.8. The van der Waals surface area contributed by atoms with E-state index in [1.807, 2.05) is 0 Å². The van der Waals surface area contributed by atoms with E-state index in [9.17, 15) is 4.79 Å². The molecule has 1 aromatic rings. The van der Waals surface area contributed by atoms with Crippen LogP contribution in [0, 0.1) is 0 Å². The van der Waals surface area contributed by atoms with Crippen LogP contribution in [-0.4, -0.2) is 16.9 Å². The van der Waals surface area contributed by atoms with Crippen LogP contribution in [0.2, 0.25) is 5.02 Å². The SMILES string of the molecule is CC(NC(=O)c1cc(Cl)ccc1Br)C(N)=S. The summed E-state index contributed by atoms with van der Waals surface area (Å²) in [7, 11) is 0. The first kappa shape index (κ1) is 13.4. The first-order chi connectivity index (χ1) is 7.41. The normalized spacial score (nSPS) is 11.9. The van der Waals surface area contributed by atoms with Gasteiger partial charge < -0.3 is 11.1 Å². The molecule has 0 aliphatic carbocycles. The summed E-state index contributed by atoms with van der Waals surface area (Å²) in [6.07, 6.45) is 0. The van der Waals surface area contributed by atoms with Gasteiger partial charge in [0.1, 0.15) is 0 Å². The summed E-state index contributed by atoms with van der Waals surface area (Å²) >= 11 is 13.9. The molecule has 86 valence electrons. The first-order valence-corrected chi connectivity index (χ1v) is 6.05. The smallest absolute Gasteiger partial charge is 0.253 e. The van der Waals surface area contributed by atoms with Gasteiger partial charge in [-0.25, -0.2) is 0 Å². The maximum Gasteiger partial charge on any atom is 0.253 e. The number of rotatable bonds is 3. The highest BCUT2D eigenvalue weighted by atomic mass is 79.9. The highest BCUT2D eigenvalue weighted by Gasteiger charge is 2.14. The van der Waals surface area contributed by atoms with Crippen LogP contribution in [0.4, 0.5) is 0 Å². The van der Waals surface area contributed by atoms with E-state index in [-0.39, 0.29) is 16.9 Å². The van der Waals surface area contributed by atoms with E-state index in [4.69, 9.17) is 29.6 Å². The number of nitrogens with two attached hydrogens (primary N) is 1. The predicted octanol–water partition coefficient (Wildman–Crippen LogP) is 2.51. The maximum atomic E-state index is 11.8. The molecule has 1 rings (SSSR count). The summed E-state index contributed by atoms with van der Waals surface area (Å²) in [5.74, 6) is -0.269. The first-order valence-electron chi connectivity index (χ1n) is 4.47. The minimum atomic E-state index is -0.353. The molecule has 3 N–H and O–H groups in total. The van der Waals surface area contributed by atoms with Gasteiger partial charge in [0, 0.05) is 9.50 Å². The number of thiocarbonyl (C=S) groups is 1. The molecule has 0 spiro atoms. The van der Waals surface area contributed by atoms with Gasteiger partial charge in [-0.1, -0.05) is 23.8 Å². The van der Waals surface area contributed by atoms with Gasteiger partial charge in [0.05, 0.1) is 16.6 Å². The third-order valence-corrected chi connectivity index (χ3v) is 3.23. The fraction of sp³-hybridized carbons (Fsp3) is 0.200. The summed E-state index contributed by atoms with van der Waals surface area (Å²) in [5, 5.41) is 3.17. The summed E-state index contributed by atoms with van der Waals surface area (Å²) in [6.45, 7) is 1.72. The van der Waals surface area contributed by atoms with E-state index < -0.39 is 0 Å². The van der Waals surface area contributed by atoms with E-state index in [1.165, 1.54) is 0 Å². The van der Waals surface area contributed by atoms with Gasteiger partial charge in [-0.3, -0.25) is 4.79 Å². The number of carbonyl (C=O) groups is 1. The van der Waals surface area contributed by atoms with Crippen LogP contribution in [0.25, 0.3) is 0 Å². The van der Waals surface area contributed by atoms with Gasteiger partial charge >= 0.3 is 0 Å². The standard InChI is InChI=1S/C10H10BrClN2OS/c1-5(9(13)16)14-10(15)7-4-6(12)2-3-8(7)11/h2-5H,1H3,(H2,13,16)(H,14,15). The van der Waals surface area contributed by atoms with Gasteiger partial charge in [0.15, 0.2) is 0 Å². The lowest BCUT2D eigenvalue weighted by atomic mass is 10.2. The Balaban J connectivity index is 2.88. The Bertz CT molecular complexity index is 439. The van der Waals surface area contributed by atoms with Gasteiger partial charge in [-0.15, -0.1) is 0 Å². The average molecular weight is 322 g/mol. The predicted molar refractivity (Wildman–Crippen MR) is 72.9 cm³/mol. The molecule has 0 bridgehead atoms. The van der Waals surface area contributed by atoms with E-state index >= 15 is 0 Å². The second-order valence-corrected chi connectivity index (χ2v) is 4.98. The van der Waals surface area contributed by atoms with Crippen molar-refractivity contribution in [3.63, 3.8) is 0 Å². The fourth-order valence-corrected chi connectivity index (χ4v) is 1.67. The molecule has 0 aliphatic rings. The van der Waals surface area contributed by atoms with E-state index in [1.54, 1.807) is 25.1 Å². The van der Waals surface area contributed by atoms with Crippen molar-refractivity contribution in [3.05, 3.63) is 33.3 Å². The van der Waals surface area contributed by atoms with Gasteiger partial charge in [-0.2, -0.15) is 0 Å². The lowest BCUT2D eigenvalue weighted by Crippen LogP contribution is -2.41. The molecule has 1 atom stereocenters. The van der Waals surface area contributed by atoms with Crippen molar-refractivity contribution < 1.29 is 4.79 Å². The van der Waals surface area contributed by atoms with E-state index in [0.717, 1.165) is 0 Å². The van der Waals surface area contributed by atoms with E-state index in [0.29, 0.717) is 15.1 Å². The lowest BCUT2D eigenvalue weighted by Gasteiger charge is -2.13. The van der Waals surface area contributed by atoms with Crippen LogP contribution < -0.4 is 11.1 Å². The van der Waals surface area contributed by atoms with Crippen LogP contribution in [0.1, 0.15) is 17.3 Å². The zero-order valence-electron chi connectivity index (χ0n) is 8.46. The van der Waals surface area contributed by atoms with Crippen LogP contribution in [0.3, 0.4) is 0 Å². The molecular weight excluding hydrogens is 312 g/mol. The largest absolute Gasteiger partial charge is 0.392 e. The summed E-state index contributed by atoms with van der Waals surface area (Å²) < 4.78 is 0.671. The third kappa shape index (κ3) is 3.43. The molecule has 0 aromatic heterocycles. The Morgan fingerprint density at radius 1 is 1.62 bits per heavy atom. The Labute approximate surface area is 112 Å². The van der Waals surface area contributed by atoms with Crippen LogP contribution in [0.15, 0.2) is 22.7 Å². The summed E-state index contributed by atoms with van der Waals surface area (Å²) in [6, 6.07) is 4.63. The van der Waals surface area contributed by atoms with E-state index in [2.05, 4.69) is 21.2 Å². The van der Waals surface area contributed by atoms with Crippen LogP contribution >= 0.6 is 39.7 Å². The Hall–Kier alpha value is -0.650. The number of halogens is 2. The number of amides is 1. The minimum absolute atomic E-state index is 0.242. The zero-order valence-corrected chi connectivity index (χ0v) is 11.6. The minimum Gasteiger partial charge on any atom is -0.392 e. The van der Waals surface area contributed by atoms with Crippen molar-refractivity contribution in [2.24, 2.45) is 5.73 Å². The van der Waals surface area contributed by atoms with Crippen molar-refractivity contribution in [3.8, 4) is 0 Å². The van der Waals surface area contributed by atoms with Gasteiger partial charge in [-0.05, 0) is 41.1 Å². The summed E-state index contributed by atoms with van der Waals surface area (Å²) in [4.78, 5) is 12.1. The second-order valence-electron chi connectivity index (χ2n) is 3.22. The molecule has 3 nitrogen and oxygen atoms in total. The fourth-order valence-electron chi connectivity index (χ4n) is 1.02. The number of hydrogen-bond donors (Lipinski definition) is 2. The number of nitrogens with one attached hydrogen (secondary N) is 1. The second kappa shape index (κ2) is 5.61. The van der Waals surface area contributed by atoms with Gasteiger partial charge in [0.25, 0.3) is 5.91 Å². The van der Waals surface area contributed by atoms with Gasteiger partial charge in [0.2, 0.25) is 0 Å². The number of carbonyl (C=O) groups excluding carboxylic acids is 1. The molecule has 0 radical (unpaired) electrons. The Kier molecular flexibility index (Phi) is 4.70. The molecule has 1 amide bonds. The van der Waals surface area contributed by atoms with Crippen molar-refractivity contribution in [1.29, 1.82) is 0 Å². The van der Waals surface area contributed by atoms with Crippen LogP contribution in [-0.2, 0) is 0 Å². The molecule has 1 unspecified atom stereocenters. The quantitative estimate of drug-likeness (QED) is 0.841. The molecule has 0 saturated carbocycles. The molecular formula is C10H10BrClN2OS. The molecule has 0 fully saturated rings. The third-order valence-electron chi connectivity index (χ3n) is 1.95. The molecule has 16 heavy (non-hydrogen) atoms. The highest BCUT2D eigenvalue weighted by molar-refractivity contribution is 9.10. The van der Waals surface area contributed by atoms with Crippen LogP contribution in [0.5, 0.6) is 0 Å². The zero-order chi connectivity index (χ0) is 12.3. The van der Waals surface area contributed by atoms with Crippen molar-refractivity contribution in [2.45, 2.75) is 13.0 Å². The Morgan fingerprint density at radius 2 is 2.25 bits per heavy atom. The average Bonchev–Trinajstić information content (AvgIpc) is 2.21. The monoisotopic (exact) mass is 320 g/mol. The van der Waals surface area contributed by atoms with Crippen molar-refractivity contribution >= 4 is 50.6 Å².